The fraction of sp³-hybridized carbons (Fsp3) is 0.0455. The zero-order valence-electron chi connectivity index (χ0n) is 14.7. The van der Waals surface area contributed by atoms with Gasteiger partial charge in [-0.25, -0.2) is 4.79 Å². The predicted octanol–water partition coefficient (Wildman–Crippen LogP) is 4.54. The molecule has 3 aromatic carbocycles. The van der Waals surface area contributed by atoms with Crippen LogP contribution in [0.1, 0.15) is 15.9 Å². The average molecular weight is 386 g/mol. The number of carbonyl (C=O) groups is 2. The lowest BCUT2D eigenvalue weighted by Crippen LogP contribution is -2.32. The highest BCUT2D eigenvalue weighted by atomic mass is 32.2. The number of nitriles is 1. The molecule has 5 nitrogen and oxygen atoms in total. The van der Waals surface area contributed by atoms with Crippen molar-refractivity contribution in [2.45, 2.75) is 9.79 Å². The molecule has 0 atom stereocenters. The largest absolute Gasteiger partial charge is 0.452 e. The Morgan fingerprint density at radius 3 is 2.21 bits per heavy atom. The number of fused-ring (bicyclic) bond motifs is 2. The molecule has 136 valence electrons. The van der Waals surface area contributed by atoms with Gasteiger partial charge in [0.15, 0.2) is 6.61 Å². The van der Waals surface area contributed by atoms with Crippen LogP contribution in [-0.4, -0.2) is 18.5 Å². The van der Waals surface area contributed by atoms with Gasteiger partial charge in [-0.05, 0) is 42.5 Å². The van der Waals surface area contributed by atoms with E-state index in [2.05, 4.69) is 0 Å². The summed E-state index contributed by atoms with van der Waals surface area (Å²) in [6, 6.07) is 23.4. The van der Waals surface area contributed by atoms with E-state index in [1.165, 1.54) is 6.07 Å². The van der Waals surface area contributed by atoms with Crippen molar-refractivity contribution in [2.75, 3.05) is 11.5 Å². The van der Waals surface area contributed by atoms with E-state index in [1.807, 2.05) is 54.6 Å². The van der Waals surface area contributed by atoms with Crippen molar-refractivity contribution in [2.24, 2.45) is 0 Å². The number of carbonyl (C=O) groups excluding carboxylic acids is 2. The Morgan fingerprint density at radius 2 is 1.57 bits per heavy atom. The first-order valence-corrected chi connectivity index (χ1v) is 9.35. The van der Waals surface area contributed by atoms with Crippen LogP contribution in [0, 0.1) is 11.3 Å². The molecule has 3 aromatic rings. The summed E-state index contributed by atoms with van der Waals surface area (Å²) in [6.07, 6.45) is 0. The quantitative estimate of drug-likeness (QED) is 0.618. The molecule has 1 aliphatic heterocycles. The predicted molar refractivity (Wildman–Crippen MR) is 106 cm³/mol. The maximum atomic E-state index is 13.0. The Labute approximate surface area is 166 Å². The maximum absolute atomic E-state index is 13.0. The monoisotopic (exact) mass is 386 g/mol. The summed E-state index contributed by atoms with van der Waals surface area (Å²) < 4.78 is 5.23. The lowest BCUT2D eigenvalue weighted by molar-refractivity contribution is -0.121. The molecule has 4 rings (SSSR count). The number of para-hydroxylation sites is 2. The van der Waals surface area contributed by atoms with E-state index in [0.29, 0.717) is 5.56 Å². The van der Waals surface area contributed by atoms with Crippen molar-refractivity contribution >= 4 is 35.0 Å². The van der Waals surface area contributed by atoms with Gasteiger partial charge in [-0.2, -0.15) is 5.26 Å². The molecule has 28 heavy (non-hydrogen) atoms. The molecule has 0 radical (unpaired) electrons. The number of amides is 1. The van der Waals surface area contributed by atoms with Gasteiger partial charge in [0, 0.05) is 9.79 Å². The molecule has 0 saturated heterocycles. The van der Waals surface area contributed by atoms with E-state index < -0.39 is 12.6 Å². The number of rotatable bonds is 3. The first kappa shape index (κ1) is 17.8. The lowest BCUT2D eigenvalue weighted by atomic mass is 10.1. The van der Waals surface area contributed by atoms with E-state index in [0.717, 1.165) is 21.2 Å². The zero-order chi connectivity index (χ0) is 19.5. The Kier molecular flexibility index (Phi) is 4.83. The van der Waals surface area contributed by atoms with Crippen LogP contribution in [0.4, 0.5) is 11.4 Å². The van der Waals surface area contributed by atoms with Crippen molar-refractivity contribution < 1.29 is 14.3 Å². The molecule has 6 heteroatoms. The highest BCUT2D eigenvalue weighted by Gasteiger charge is 2.28. The van der Waals surface area contributed by atoms with Crippen LogP contribution in [0.2, 0.25) is 0 Å². The van der Waals surface area contributed by atoms with Crippen LogP contribution in [0.25, 0.3) is 0 Å². The van der Waals surface area contributed by atoms with Crippen LogP contribution < -0.4 is 4.90 Å². The van der Waals surface area contributed by atoms with Crippen LogP contribution >= 0.6 is 11.8 Å². The topological polar surface area (TPSA) is 70.4 Å². The third kappa shape index (κ3) is 3.36. The van der Waals surface area contributed by atoms with E-state index in [-0.39, 0.29) is 11.5 Å². The number of ether oxygens (including phenoxy) is 1. The molecule has 0 bridgehead atoms. The number of benzene rings is 3. The third-order valence-electron chi connectivity index (χ3n) is 4.24. The fourth-order valence-corrected chi connectivity index (χ4v) is 4.02. The minimum absolute atomic E-state index is 0.238. The minimum atomic E-state index is -0.640. The van der Waals surface area contributed by atoms with Crippen molar-refractivity contribution in [1.29, 1.82) is 5.26 Å². The molecule has 1 amide bonds. The fourth-order valence-electron chi connectivity index (χ4n) is 2.96. The molecule has 0 aromatic heterocycles. The molecule has 0 aliphatic carbocycles. The van der Waals surface area contributed by atoms with E-state index in [9.17, 15) is 9.59 Å². The van der Waals surface area contributed by atoms with E-state index >= 15 is 0 Å². The smallest absolute Gasteiger partial charge is 0.338 e. The normalized spacial score (nSPS) is 11.8. The Balaban J connectivity index is 1.57. The van der Waals surface area contributed by atoms with E-state index in [4.69, 9.17) is 10.00 Å². The van der Waals surface area contributed by atoms with E-state index in [1.54, 1.807) is 34.9 Å². The number of esters is 1. The van der Waals surface area contributed by atoms with Gasteiger partial charge in [-0.3, -0.25) is 9.69 Å². The summed E-state index contributed by atoms with van der Waals surface area (Å²) in [4.78, 5) is 28.8. The second-order valence-corrected chi connectivity index (χ2v) is 7.12. The summed E-state index contributed by atoms with van der Waals surface area (Å²) in [5, 5.41) is 8.95. The van der Waals surface area contributed by atoms with Crippen LogP contribution in [-0.2, 0) is 9.53 Å². The van der Waals surface area contributed by atoms with Gasteiger partial charge >= 0.3 is 5.97 Å². The van der Waals surface area contributed by atoms with Crippen molar-refractivity contribution in [3.8, 4) is 6.07 Å². The number of hydrogen-bond acceptors (Lipinski definition) is 5. The van der Waals surface area contributed by atoms with Crippen molar-refractivity contribution in [3.63, 3.8) is 0 Å². The maximum Gasteiger partial charge on any atom is 0.338 e. The van der Waals surface area contributed by atoms with Gasteiger partial charge in [0.05, 0.1) is 28.6 Å². The Morgan fingerprint density at radius 1 is 0.929 bits per heavy atom. The Hall–Kier alpha value is -3.56. The molecule has 0 fully saturated rings. The van der Waals surface area contributed by atoms with Gasteiger partial charge in [0.1, 0.15) is 0 Å². The molecule has 0 spiro atoms. The SMILES string of the molecule is N#Cc1cccc(C(=O)OCC(=O)N2c3ccccc3Sc3ccccc32)c1. The number of nitrogens with zero attached hydrogens (tertiary/aromatic N) is 2. The molecule has 1 aliphatic rings. The highest BCUT2D eigenvalue weighted by molar-refractivity contribution is 7.99. The summed E-state index contributed by atoms with van der Waals surface area (Å²) in [5.74, 6) is -0.983. The molecule has 0 saturated carbocycles. The summed E-state index contributed by atoms with van der Waals surface area (Å²) in [6.45, 7) is -0.400. The lowest BCUT2D eigenvalue weighted by Gasteiger charge is -2.30. The molecule has 0 N–H and O–H groups in total. The minimum Gasteiger partial charge on any atom is -0.452 e. The molecule has 0 unspecified atom stereocenters. The van der Waals surface area contributed by atoms with Crippen molar-refractivity contribution in [3.05, 3.63) is 83.9 Å². The van der Waals surface area contributed by atoms with Gasteiger partial charge in [0.2, 0.25) is 0 Å². The zero-order valence-corrected chi connectivity index (χ0v) is 15.5. The van der Waals surface area contributed by atoms with Crippen LogP contribution in [0.15, 0.2) is 82.6 Å². The molecule has 1 heterocycles. The highest BCUT2D eigenvalue weighted by Crippen LogP contribution is 2.47. The second kappa shape index (κ2) is 7.59. The molecular weight excluding hydrogens is 372 g/mol. The van der Waals surface area contributed by atoms with Gasteiger partial charge in [-0.1, -0.05) is 42.1 Å². The number of hydrogen-bond donors (Lipinski definition) is 0. The van der Waals surface area contributed by atoms with Crippen molar-refractivity contribution in [1.82, 2.24) is 0 Å². The average Bonchev–Trinajstić information content (AvgIpc) is 2.75. The third-order valence-corrected chi connectivity index (χ3v) is 5.37. The van der Waals surface area contributed by atoms with Gasteiger partial charge in [-0.15, -0.1) is 0 Å². The summed E-state index contributed by atoms with van der Waals surface area (Å²) in [7, 11) is 0. The number of anilines is 2. The second-order valence-electron chi connectivity index (χ2n) is 6.04. The van der Waals surface area contributed by atoms with Gasteiger partial charge in [0.25, 0.3) is 5.91 Å². The summed E-state index contributed by atoms with van der Waals surface area (Å²) >= 11 is 1.60. The first-order chi connectivity index (χ1) is 13.7. The standard InChI is InChI=1S/C22H14N2O3S/c23-13-15-6-5-7-16(12-15)22(26)27-14-21(25)24-17-8-1-3-10-19(17)28-20-11-4-2-9-18(20)24/h1-12H,14H2. The summed E-state index contributed by atoms with van der Waals surface area (Å²) in [5.41, 5.74) is 2.12. The Bertz CT molecular complexity index is 1080. The first-order valence-electron chi connectivity index (χ1n) is 8.53. The van der Waals surface area contributed by atoms with Crippen LogP contribution in [0.5, 0.6) is 0 Å². The molecular formula is C22H14N2O3S. The van der Waals surface area contributed by atoms with Crippen LogP contribution in [0.3, 0.4) is 0 Å². The van der Waals surface area contributed by atoms with Gasteiger partial charge < -0.3 is 4.74 Å².